The average molecular weight is 716 g/mol. The molecule has 5 heteroatoms. The van der Waals surface area contributed by atoms with Crippen LogP contribution in [-0.4, -0.2) is 24.1 Å². The molecule has 8 aromatic carbocycles. The summed E-state index contributed by atoms with van der Waals surface area (Å²) in [4.78, 5) is 15.3. The Bertz CT molecular complexity index is 3120. The van der Waals surface area contributed by atoms with E-state index in [1.165, 1.54) is 32.6 Å². The zero-order valence-electron chi connectivity index (χ0n) is 30.3. The molecule has 0 aliphatic heterocycles. The van der Waals surface area contributed by atoms with Crippen molar-refractivity contribution in [3.63, 3.8) is 0 Å². The summed E-state index contributed by atoms with van der Waals surface area (Å²) in [7, 11) is 0. The highest BCUT2D eigenvalue weighted by atomic mass is 15.1. The zero-order valence-corrected chi connectivity index (χ0v) is 30.3. The fraction of sp³-hybridized carbons (Fsp3) is 0. The van der Waals surface area contributed by atoms with Crippen molar-refractivity contribution in [1.29, 1.82) is 0 Å². The van der Waals surface area contributed by atoms with Gasteiger partial charge in [-0.3, -0.25) is 0 Å². The number of benzene rings is 8. The minimum atomic E-state index is 0.611. The third-order valence-electron chi connectivity index (χ3n) is 10.7. The van der Waals surface area contributed by atoms with E-state index in [2.05, 4.69) is 149 Å². The number of fused-ring (bicyclic) bond motifs is 6. The molecule has 0 radical (unpaired) electrons. The quantitative estimate of drug-likeness (QED) is 0.172. The SMILES string of the molecule is c1ccc(-c2cc(-c3nc(-c4ccccc4)nc(-c4ccccc4)n3)cc(-n3c4ccccc4c4cccc(-n5c6ccccc6c6ccccc65)c43)c2)cc1. The van der Waals surface area contributed by atoms with E-state index in [-0.39, 0.29) is 0 Å². The Morgan fingerprint density at radius 1 is 0.286 bits per heavy atom. The second kappa shape index (κ2) is 13.0. The molecule has 0 unspecified atom stereocenters. The Balaban J connectivity index is 1.23. The van der Waals surface area contributed by atoms with Gasteiger partial charge in [-0.05, 0) is 53.6 Å². The molecule has 0 aliphatic rings. The predicted octanol–water partition coefficient (Wildman–Crippen LogP) is 12.7. The van der Waals surface area contributed by atoms with Gasteiger partial charge < -0.3 is 9.13 Å². The van der Waals surface area contributed by atoms with E-state index in [0.29, 0.717) is 17.5 Å². The Labute approximate surface area is 323 Å². The van der Waals surface area contributed by atoms with Gasteiger partial charge in [-0.2, -0.15) is 0 Å². The third-order valence-corrected chi connectivity index (χ3v) is 10.7. The van der Waals surface area contributed by atoms with Gasteiger partial charge in [0.05, 0.1) is 27.8 Å². The average Bonchev–Trinajstić information content (AvgIpc) is 3.80. The molecule has 0 fully saturated rings. The molecule has 262 valence electrons. The van der Waals surface area contributed by atoms with Crippen LogP contribution in [0, 0.1) is 0 Å². The van der Waals surface area contributed by atoms with Gasteiger partial charge >= 0.3 is 0 Å². The van der Waals surface area contributed by atoms with Gasteiger partial charge in [-0.15, -0.1) is 0 Å². The van der Waals surface area contributed by atoms with Gasteiger partial charge in [0.25, 0.3) is 0 Å². The number of rotatable bonds is 6. The van der Waals surface area contributed by atoms with E-state index in [1.54, 1.807) is 0 Å². The first-order valence-electron chi connectivity index (χ1n) is 18.9. The van der Waals surface area contributed by atoms with Crippen molar-refractivity contribution in [3.8, 4) is 56.7 Å². The molecule has 0 aliphatic carbocycles. The highest BCUT2D eigenvalue weighted by Gasteiger charge is 2.21. The lowest BCUT2D eigenvalue weighted by atomic mass is 10.0. The Morgan fingerprint density at radius 3 is 1.25 bits per heavy atom. The molecular formula is C51H33N5. The molecule has 11 aromatic rings. The first kappa shape index (κ1) is 31.9. The molecule has 3 aromatic heterocycles. The molecule has 0 saturated carbocycles. The number of nitrogens with zero attached hydrogens (tertiary/aromatic N) is 5. The monoisotopic (exact) mass is 715 g/mol. The molecule has 5 nitrogen and oxygen atoms in total. The van der Waals surface area contributed by atoms with Crippen molar-refractivity contribution < 1.29 is 0 Å². The van der Waals surface area contributed by atoms with Crippen molar-refractivity contribution >= 4 is 43.6 Å². The summed E-state index contributed by atoms with van der Waals surface area (Å²) in [5, 5.41) is 4.84. The highest BCUT2D eigenvalue weighted by Crippen LogP contribution is 2.41. The van der Waals surface area contributed by atoms with E-state index < -0.39 is 0 Å². The number of hydrogen-bond donors (Lipinski definition) is 0. The fourth-order valence-electron chi connectivity index (χ4n) is 8.24. The van der Waals surface area contributed by atoms with Crippen LogP contribution in [0.1, 0.15) is 0 Å². The molecule has 3 heterocycles. The molecule has 0 atom stereocenters. The van der Waals surface area contributed by atoms with Gasteiger partial charge in [0.15, 0.2) is 17.5 Å². The van der Waals surface area contributed by atoms with Gasteiger partial charge in [0.2, 0.25) is 0 Å². The van der Waals surface area contributed by atoms with Crippen molar-refractivity contribution in [2.24, 2.45) is 0 Å². The second-order valence-electron chi connectivity index (χ2n) is 14.1. The smallest absolute Gasteiger partial charge is 0.164 e. The lowest BCUT2D eigenvalue weighted by Crippen LogP contribution is -2.03. The van der Waals surface area contributed by atoms with E-state index in [4.69, 9.17) is 15.0 Å². The molecular weight excluding hydrogens is 683 g/mol. The van der Waals surface area contributed by atoms with Crippen molar-refractivity contribution in [2.45, 2.75) is 0 Å². The molecule has 0 spiro atoms. The van der Waals surface area contributed by atoms with Crippen molar-refractivity contribution in [3.05, 3.63) is 200 Å². The van der Waals surface area contributed by atoms with Crippen LogP contribution in [-0.2, 0) is 0 Å². The Morgan fingerprint density at radius 2 is 0.696 bits per heavy atom. The summed E-state index contributed by atoms with van der Waals surface area (Å²) in [5.41, 5.74) is 11.7. The number of hydrogen-bond acceptors (Lipinski definition) is 3. The maximum Gasteiger partial charge on any atom is 0.164 e. The molecule has 0 bridgehead atoms. The lowest BCUT2D eigenvalue weighted by molar-refractivity contribution is 1.07. The maximum absolute atomic E-state index is 5.17. The van der Waals surface area contributed by atoms with Crippen LogP contribution < -0.4 is 0 Å². The van der Waals surface area contributed by atoms with Crippen LogP contribution in [0.4, 0.5) is 0 Å². The molecule has 0 N–H and O–H groups in total. The van der Waals surface area contributed by atoms with E-state index in [1.807, 2.05) is 60.7 Å². The van der Waals surface area contributed by atoms with E-state index >= 15 is 0 Å². The van der Waals surface area contributed by atoms with Crippen LogP contribution in [0.25, 0.3) is 100 Å². The summed E-state index contributed by atoms with van der Waals surface area (Å²) in [6.07, 6.45) is 0. The van der Waals surface area contributed by atoms with Crippen LogP contribution in [0.3, 0.4) is 0 Å². The zero-order chi connectivity index (χ0) is 37.0. The third kappa shape index (κ3) is 5.21. The summed E-state index contributed by atoms with van der Waals surface area (Å²) in [5.74, 6) is 1.87. The van der Waals surface area contributed by atoms with Crippen LogP contribution in [0.5, 0.6) is 0 Å². The lowest BCUT2D eigenvalue weighted by Gasteiger charge is -2.17. The summed E-state index contributed by atoms with van der Waals surface area (Å²) < 4.78 is 4.85. The standard InChI is InChI=1S/C51H33N5/c1-4-17-34(18-5-1)37-31-38(51-53-49(35-19-6-2-7-20-35)52-50(54-51)36-21-8-3-9-22-36)33-39(32-37)55-44-27-13-12-25-42(44)43-26-16-30-47(48(43)55)56-45-28-14-10-23-40(45)41-24-11-15-29-46(41)56/h1-33H. The van der Waals surface area contributed by atoms with Gasteiger partial charge in [0, 0.05) is 43.9 Å². The molecule has 0 saturated heterocycles. The van der Waals surface area contributed by atoms with Crippen molar-refractivity contribution in [1.82, 2.24) is 24.1 Å². The number of para-hydroxylation sites is 4. The van der Waals surface area contributed by atoms with Crippen LogP contribution in [0.2, 0.25) is 0 Å². The van der Waals surface area contributed by atoms with Crippen molar-refractivity contribution in [2.75, 3.05) is 0 Å². The first-order valence-corrected chi connectivity index (χ1v) is 18.9. The summed E-state index contributed by atoms with van der Waals surface area (Å²) >= 11 is 0. The minimum Gasteiger partial charge on any atom is -0.307 e. The fourth-order valence-corrected chi connectivity index (χ4v) is 8.24. The van der Waals surface area contributed by atoms with Crippen LogP contribution >= 0.6 is 0 Å². The minimum absolute atomic E-state index is 0.611. The Kier molecular flexibility index (Phi) is 7.42. The van der Waals surface area contributed by atoms with E-state index in [0.717, 1.165) is 50.2 Å². The molecule has 11 rings (SSSR count). The topological polar surface area (TPSA) is 48.5 Å². The second-order valence-corrected chi connectivity index (χ2v) is 14.1. The highest BCUT2D eigenvalue weighted by molar-refractivity contribution is 6.15. The summed E-state index contributed by atoms with van der Waals surface area (Å²) in [6.45, 7) is 0. The molecule has 0 amide bonds. The Hall–Kier alpha value is -7.63. The summed E-state index contributed by atoms with van der Waals surface area (Å²) in [6, 6.07) is 70.4. The van der Waals surface area contributed by atoms with E-state index in [9.17, 15) is 0 Å². The largest absolute Gasteiger partial charge is 0.307 e. The normalized spacial score (nSPS) is 11.6. The van der Waals surface area contributed by atoms with Gasteiger partial charge in [-0.25, -0.2) is 15.0 Å². The predicted molar refractivity (Wildman–Crippen MR) is 230 cm³/mol. The van der Waals surface area contributed by atoms with Gasteiger partial charge in [-0.1, -0.05) is 158 Å². The molecule has 56 heavy (non-hydrogen) atoms. The number of aromatic nitrogens is 5. The first-order chi connectivity index (χ1) is 27.8. The van der Waals surface area contributed by atoms with Gasteiger partial charge in [0.1, 0.15) is 0 Å². The van der Waals surface area contributed by atoms with Crippen LogP contribution in [0.15, 0.2) is 200 Å². The maximum atomic E-state index is 5.17.